The van der Waals surface area contributed by atoms with Gasteiger partial charge in [0, 0.05) is 10.0 Å². The molecular weight excluding hydrogens is 322 g/mol. The Morgan fingerprint density at radius 2 is 1.60 bits per heavy atom. The van der Waals surface area contributed by atoms with Crippen LogP contribution < -0.4 is 5.46 Å². The molecule has 0 saturated carbocycles. The summed E-state index contributed by atoms with van der Waals surface area (Å²) in [6, 6.07) is 3.41. The van der Waals surface area contributed by atoms with Crippen LogP contribution in [0.15, 0.2) is 16.6 Å². The van der Waals surface area contributed by atoms with Crippen molar-refractivity contribution in [2.24, 2.45) is 0 Å². The molecule has 0 unspecified atom stereocenters. The third-order valence-corrected chi connectivity index (χ3v) is 4.86. The van der Waals surface area contributed by atoms with E-state index >= 15 is 0 Å². The predicted molar refractivity (Wildman–Crippen MR) is 83.9 cm³/mol. The molecule has 1 aromatic carbocycles. The molecule has 0 atom stereocenters. The van der Waals surface area contributed by atoms with Crippen LogP contribution in [0.1, 0.15) is 53.0 Å². The fourth-order valence-electron chi connectivity index (χ4n) is 2.27. The van der Waals surface area contributed by atoms with Crippen LogP contribution in [0.4, 0.5) is 4.39 Å². The van der Waals surface area contributed by atoms with E-state index in [1.54, 1.807) is 0 Å². The van der Waals surface area contributed by atoms with Gasteiger partial charge in [0.2, 0.25) is 0 Å². The Morgan fingerprint density at radius 1 is 1.10 bits per heavy atom. The minimum atomic E-state index is -0.535. The van der Waals surface area contributed by atoms with E-state index in [2.05, 4.69) is 15.9 Å². The minimum Gasteiger partial charge on any atom is -0.399 e. The maximum Gasteiger partial charge on any atom is 0.494 e. The van der Waals surface area contributed by atoms with Gasteiger partial charge < -0.3 is 9.31 Å². The average molecular weight is 343 g/mol. The van der Waals surface area contributed by atoms with Crippen molar-refractivity contribution < 1.29 is 13.7 Å². The second-order valence-corrected chi connectivity index (χ2v) is 7.50. The highest BCUT2D eigenvalue weighted by Gasteiger charge is 2.51. The van der Waals surface area contributed by atoms with Crippen molar-refractivity contribution in [3.05, 3.63) is 28.0 Å². The molecule has 20 heavy (non-hydrogen) atoms. The third-order valence-electron chi connectivity index (χ3n) is 4.20. The highest BCUT2D eigenvalue weighted by molar-refractivity contribution is 9.10. The van der Waals surface area contributed by atoms with Gasteiger partial charge in [0.15, 0.2) is 0 Å². The number of hydrogen-bond donors (Lipinski definition) is 0. The van der Waals surface area contributed by atoms with Crippen molar-refractivity contribution >= 4 is 28.5 Å². The summed E-state index contributed by atoms with van der Waals surface area (Å²) >= 11 is 3.45. The number of rotatable bonds is 2. The molecule has 0 aromatic heterocycles. The van der Waals surface area contributed by atoms with Gasteiger partial charge in [0.25, 0.3) is 0 Å². The molecule has 0 spiro atoms. The second-order valence-electron chi connectivity index (χ2n) is 6.64. The van der Waals surface area contributed by atoms with Crippen molar-refractivity contribution in [3.8, 4) is 0 Å². The van der Waals surface area contributed by atoms with Gasteiger partial charge in [0.1, 0.15) is 5.82 Å². The van der Waals surface area contributed by atoms with Gasteiger partial charge in [-0.1, -0.05) is 29.8 Å². The molecule has 0 amide bonds. The van der Waals surface area contributed by atoms with Crippen molar-refractivity contribution in [1.29, 1.82) is 0 Å². The lowest BCUT2D eigenvalue weighted by molar-refractivity contribution is 0.00578. The van der Waals surface area contributed by atoms with Crippen molar-refractivity contribution in [2.45, 2.75) is 58.7 Å². The molecule has 0 radical (unpaired) electrons. The topological polar surface area (TPSA) is 18.5 Å². The highest BCUT2D eigenvalue weighted by atomic mass is 79.9. The van der Waals surface area contributed by atoms with Crippen LogP contribution in [0.25, 0.3) is 0 Å². The number of hydrogen-bond acceptors (Lipinski definition) is 2. The van der Waals surface area contributed by atoms with Crippen LogP contribution in [0.3, 0.4) is 0 Å². The van der Waals surface area contributed by atoms with Crippen LogP contribution in [-0.2, 0) is 9.31 Å². The minimum absolute atomic E-state index is 0.122. The first-order chi connectivity index (χ1) is 9.05. The normalized spacial score (nSPS) is 20.8. The Kier molecular flexibility index (Phi) is 4.09. The van der Waals surface area contributed by atoms with E-state index in [9.17, 15) is 4.39 Å². The van der Waals surface area contributed by atoms with Gasteiger partial charge in [-0.2, -0.15) is 0 Å². The van der Waals surface area contributed by atoms with Crippen molar-refractivity contribution in [2.75, 3.05) is 0 Å². The maximum absolute atomic E-state index is 14.3. The van der Waals surface area contributed by atoms with E-state index < -0.39 is 18.3 Å². The summed E-state index contributed by atoms with van der Waals surface area (Å²) in [6.07, 6.45) is 0. The van der Waals surface area contributed by atoms with Crippen LogP contribution in [-0.4, -0.2) is 18.3 Å². The van der Waals surface area contributed by atoms with E-state index in [-0.39, 0.29) is 11.7 Å². The molecule has 1 aliphatic rings. The smallest absolute Gasteiger partial charge is 0.399 e. The molecule has 1 aliphatic heterocycles. The van der Waals surface area contributed by atoms with Crippen LogP contribution in [0.5, 0.6) is 0 Å². The molecule has 0 bridgehead atoms. The molecule has 2 rings (SSSR count). The Bertz CT molecular complexity index is 490. The lowest BCUT2D eigenvalue weighted by Crippen LogP contribution is -2.41. The molecule has 0 aliphatic carbocycles. The largest absolute Gasteiger partial charge is 0.494 e. The molecular formula is C15H21BBrFO2. The lowest BCUT2D eigenvalue weighted by atomic mass is 9.78. The van der Waals surface area contributed by atoms with Gasteiger partial charge in [-0.3, -0.25) is 0 Å². The van der Waals surface area contributed by atoms with Gasteiger partial charge in [-0.25, -0.2) is 4.39 Å². The number of benzene rings is 1. The van der Waals surface area contributed by atoms with E-state index in [0.717, 1.165) is 4.47 Å². The second kappa shape index (κ2) is 5.11. The molecule has 1 fully saturated rings. The monoisotopic (exact) mass is 342 g/mol. The first-order valence-electron chi connectivity index (χ1n) is 6.89. The maximum atomic E-state index is 14.3. The fourth-order valence-corrected chi connectivity index (χ4v) is 3.18. The molecule has 1 saturated heterocycles. The summed E-state index contributed by atoms with van der Waals surface area (Å²) in [5.41, 5.74) is 0.553. The zero-order valence-electron chi connectivity index (χ0n) is 12.9. The van der Waals surface area contributed by atoms with Crippen LogP contribution in [0.2, 0.25) is 0 Å². The van der Waals surface area contributed by atoms with E-state index in [0.29, 0.717) is 11.0 Å². The van der Waals surface area contributed by atoms with Gasteiger partial charge in [0.05, 0.1) is 11.2 Å². The molecule has 1 aromatic rings. The summed E-state index contributed by atoms with van der Waals surface area (Å²) in [5.74, 6) is -0.101. The molecule has 2 nitrogen and oxygen atoms in total. The highest BCUT2D eigenvalue weighted by Crippen LogP contribution is 2.37. The Balaban J connectivity index is 2.37. The molecule has 1 heterocycles. The van der Waals surface area contributed by atoms with E-state index in [4.69, 9.17) is 9.31 Å². The van der Waals surface area contributed by atoms with Gasteiger partial charge in [-0.15, -0.1) is 0 Å². The Hall–Kier alpha value is -0.385. The quantitative estimate of drug-likeness (QED) is 0.756. The average Bonchev–Trinajstić information content (AvgIpc) is 2.46. The third kappa shape index (κ3) is 2.68. The first kappa shape index (κ1) is 16.0. The first-order valence-corrected chi connectivity index (χ1v) is 7.69. The van der Waals surface area contributed by atoms with E-state index in [1.807, 2.05) is 47.6 Å². The van der Waals surface area contributed by atoms with Crippen LogP contribution >= 0.6 is 15.9 Å². The summed E-state index contributed by atoms with van der Waals surface area (Å²) in [4.78, 5) is 0. The summed E-state index contributed by atoms with van der Waals surface area (Å²) in [5, 5.41) is 0. The molecule has 110 valence electrons. The fraction of sp³-hybridized carbons (Fsp3) is 0.600. The Morgan fingerprint density at radius 3 is 2.00 bits per heavy atom. The van der Waals surface area contributed by atoms with Crippen molar-refractivity contribution in [3.63, 3.8) is 0 Å². The summed E-state index contributed by atoms with van der Waals surface area (Å²) in [6.45, 7) is 11.9. The SMILES string of the molecule is CC(C)c1c(F)cc(B2OC(C)(C)C(C)(C)O2)cc1Br. The zero-order chi connectivity index (χ0) is 15.3. The van der Waals surface area contributed by atoms with Gasteiger partial charge in [-0.05, 0) is 51.2 Å². The van der Waals surface area contributed by atoms with Gasteiger partial charge >= 0.3 is 7.12 Å². The molecule has 0 N–H and O–H groups in total. The summed E-state index contributed by atoms with van der Waals surface area (Å²) < 4.78 is 26.9. The number of halogens is 2. The van der Waals surface area contributed by atoms with E-state index in [1.165, 1.54) is 6.07 Å². The lowest BCUT2D eigenvalue weighted by Gasteiger charge is -2.32. The predicted octanol–water partition coefficient (Wildman–Crippen LogP) is 4.01. The zero-order valence-corrected chi connectivity index (χ0v) is 14.5. The standard InChI is InChI=1S/C15H21BBrFO2/c1-9(2)13-11(17)7-10(8-12(13)18)16-19-14(3,4)15(5,6)20-16/h7-9H,1-6H3. The summed E-state index contributed by atoms with van der Waals surface area (Å²) in [7, 11) is -0.535. The Labute approximate surface area is 129 Å². The van der Waals surface area contributed by atoms with Crippen LogP contribution in [0, 0.1) is 5.82 Å². The molecule has 5 heteroatoms. The van der Waals surface area contributed by atoms with Crippen molar-refractivity contribution in [1.82, 2.24) is 0 Å².